The Morgan fingerprint density at radius 3 is 2.67 bits per heavy atom. The minimum absolute atomic E-state index is 0.379. The van der Waals surface area contributed by atoms with Gasteiger partial charge in [-0.3, -0.25) is 19.1 Å². The summed E-state index contributed by atoms with van der Waals surface area (Å²) in [5.74, 6) is -2.24. The number of hydrogen-bond acceptors (Lipinski definition) is 5. The summed E-state index contributed by atoms with van der Waals surface area (Å²) in [4.78, 5) is 49.1. The first-order chi connectivity index (χ1) is 14.2. The first-order valence-electron chi connectivity index (χ1n) is 9.11. The number of benzene rings is 1. The van der Waals surface area contributed by atoms with Crippen LogP contribution in [0.4, 0.5) is 4.79 Å². The molecule has 2 heterocycles. The van der Waals surface area contributed by atoms with Gasteiger partial charge < -0.3 is 20.6 Å². The minimum atomic E-state index is -1.35. The zero-order valence-corrected chi connectivity index (χ0v) is 16.4. The number of aliphatic carboxylic acids is 1. The van der Waals surface area contributed by atoms with Gasteiger partial charge in [0.1, 0.15) is 0 Å². The number of carbonyl (C=O) groups is 4. The zero-order chi connectivity index (χ0) is 21.8. The average molecular weight is 411 g/mol. The SMILES string of the molecule is CN1C=CC(=O)C(NC(=O)N[C@@H](CC(=O)O)c2cccc(-c3cnn(C)c3)c2)C1=O. The van der Waals surface area contributed by atoms with E-state index in [0.717, 1.165) is 11.1 Å². The summed E-state index contributed by atoms with van der Waals surface area (Å²) in [6, 6.07) is 4.01. The third-order valence-electron chi connectivity index (χ3n) is 4.63. The summed E-state index contributed by atoms with van der Waals surface area (Å²) < 4.78 is 1.64. The van der Waals surface area contributed by atoms with Gasteiger partial charge in [0.15, 0.2) is 11.8 Å². The van der Waals surface area contributed by atoms with Crippen LogP contribution in [-0.2, 0) is 21.4 Å². The van der Waals surface area contributed by atoms with Crippen LogP contribution in [0.2, 0.25) is 0 Å². The first kappa shape index (κ1) is 20.8. The van der Waals surface area contributed by atoms with E-state index in [1.54, 1.807) is 36.1 Å². The van der Waals surface area contributed by atoms with Gasteiger partial charge in [0.2, 0.25) is 0 Å². The van der Waals surface area contributed by atoms with Crippen molar-refractivity contribution in [3.63, 3.8) is 0 Å². The Labute approximate surface area is 172 Å². The molecule has 3 amide bonds. The van der Waals surface area contributed by atoms with E-state index in [2.05, 4.69) is 15.7 Å². The lowest BCUT2D eigenvalue weighted by molar-refractivity contribution is -0.138. The van der Waals surface area contributed by atoms with Gasteiger partial charge in [-0.15, -0.1) is 0 Å². The molecule has 1 aliphatic rings. The number of hydrogen-bond donors (Lipinski definition) is 3. The van der Waals surface area contributed by atoms with Gasteiger partial charge >= 0.3 is 12.0 Å². The molecule has 0 bridgehead atoms. The number of rotatable bonds is 6. The molecule has 0 saturated heterocycles. The molecule has 30 heavy (non-hydrogen) atoms. The molecule has 156 valence electrons. The molecule has 1 aliphatic heterocycles. The fraction of sp³-hybridized carbons (Fsp3) is 0.250. The van der Waals surface area contributed by atoms with Gasteiger partial charge in [-0.1, -0.05) is 18.2 Å². The van der Waals surface area contributed by atoms with Gasteiger partial charge in [-0.05, 0) is 17.2 Å². The number of amides is 3. The van der Waals surface area contributed by atoms with Crippen molar-refractivity contribution in [1.82, 2.24) is 25.3 Å². The molecule has 2 atom stereocenters. The van der Waals surface area contributed by atoms with Crippen LogP contribution in [0.3, 0.4) is 0 Å². The topological polar surface area (TPSA) is 134 Å². The van der Waals surface area contributed by atoms with Crippen LogP contribution in [0.15, 0.2) is 48.9 Å². The molecule has 0 radical (unpaired) electrons. The Hall–Kier alpha value is -3.95. The Morgan fingerprint density at radius 2 is 2.00 bits per heavy atom. The third kappa shape index (κ3) is 4.72. The summed E-state index contributed by atoms with van der Waals surface area (Å²) in [5.41, 5.74) is 2.21. The number of carbonyl (C=O) groups excluding carboxylic acids is 3. The molecule has 0 aliphatic carbocycles. The van der Waals surface area contributed by atoms with E-state index in [-0.39, 0.29) is 6.42 Å². The van der Waals surface area contributed by atoms with Crippen molar-refractivity contribution in [3.8, 4) is 11.1 Å². The predicted octanol–water partition coefficient (Wildman–Crippen LogP) is 0.826. The maximum Gasteiger partial charge on any atom is 0.316 e. The lowest BCUT2D eigenvalue weighted by atomic mass is 9.99. The summed E-state index contributed by atoms with van der Waals surface area (Å²) in [5, 5.41) is 18.3. The fourth-order valence-electron chi connectivity index (χ4n) is 3.08. The molecule has 2 aromatic rings. The molecule has 10 heteroatoms. The van der Waals surface area contributed by atoms with Crippen LogP contribution in [0.5, 0.6) is 0 Å². The van der Waals surface area contributed by atoms with Gasteiger partial charge in [0.25, 0.3) is 5.91 Å². The highest BCUT2D eigenvalue weighted by Crippen LogP contribution is 2.24. The van der Waals surface area contributed by atoms with Gasteiger partial charge in [0, 0.05) is 38.1 Å². The molecular weight excluding hydrogens is 390 g/mol. The van der Waals surface area contributed by atoms with Crippen LogP contribution in [0, 0.1) is 0 Å². The number of likely N-dealkylation sites (N-methyl/N-ethyl adjacent to an activating group) is 1. The number of aromatic nitrogens is 2. The largest absolute Gasteiger partial charge is 0.481 e. The molecule has 10 nitrogen and oxygen atoms in total. The number of carboxylic acid groups (broad SMARTS) is 1. The van der Waals surface area contributed by atoms with Crippen molar-refractivity contribution in [2.24, 2.45) is 7.05 Å². The molecule has 3 rings (SSSR count). The maximum absolute atomic E-state index is 12.5. The second kappa shape index (κ2) is 8.60. The smallest absolute Gasteiger partial charge is 0.316 e. The number of nitrogens with one attached hydrogen (secondary N) is 2. The van der Waals surface area contributed by atoms with Gasteiger partial charge in [-0.2, -0.15) is 5.10 Å². The van der Waals surface area contributed by atoms with Gasteiger partial charge in [0.05, 0.1) is 18.7 Å². The monoisotopic (exact) mass is 411 g/mol. The average Bonchev–Trinajstić information content (AvgIpc) is 3.14. The van der Waals surface area contributed by atoms with Gasteiger partial charge in [-0.25, -0.2) is 4.79 Å². The van der Waals surface area contributed by atoms with Crippen LogP contribution >= 0.6 is 0 Å². The second-order valence-electron chi connectivity index (χ2n) is 6.90. The van der Waals surface area contributed by atoms with Crippen LogP contribution in [-0.4, -0.2) is 56.6 Å². The third-order valence-corrected chi connectivity index (χ3v) is 4.63. The van der Waals surface area contributed by atoms with Crippen molar-refractivity contribution >= 4 is 23.7 Å². The summed E-state index contributed by atoms with van der Waals surface area (Å²) >= 11 is 0. The predicted molar refractivity (Wildman–Crippen MR) is 106 cm³/mol. The Balaban J connectivity index is 1.79. The number of aryl methyl sites for hydroxylation is 1. The molecule has 1 unspecified atom stereocenters. The standard InChI is InChI=1S/C20H21N5O5/c1-24-7-6-16(26)18(19(24)29)23-20(30)22-15(9-17(27)28)13-5-3-4-12(8-13)14-10-21-25(2)11-14/h3-8,10-11,15,18H,9H2,1-2H3,(H,27,28)(H2,22,23,30)/t15-,18?/m0/s1. The quantitative estimate of drug-likeness (QED) is 0.603. The van der Waals surface area contributed by atoms with Crippen molar-refractivity contribution < 1.29 is 24.3 Å². The normalized spacial score (nSPS) is 17.0. The molecule has 3 N–H and O–H groups in total. The molecule has 0 fully saturated rings. The summed E-state index contributed by atoms with van der Waals surface area (Å²) in [7, 11) is 3.25. The summed E-state index contributed by atoms with van der Waals surface area (Å²) in [6.07, 6.45) is 5.62. The molecule has 0 spiro atoms. The van der Waals surface area contributed by atoms with E-state index in [1.165, 1.54) is 24.2 Å². The highest BCUT2D eigenvalue weighted by Gasteiger charge is 2.32. The first-order valence-corrected chi connectivity index (χ1v) is 9.11. The van der Waals surface area contributed by atoms with E-state index < -0.39 is 35.8 Å². The van der Waals surface area contributed by atoms with E-state index in [9.17, 15) is 24.3 Å². The second-order valence-corrected chi connectivity index (χ2v) is 6.90. The van der Waals surface area contributed by atoms with Crippen molar-refractivity contribution in [2.45, 2.75) is 18.5 Å². The van der Waals surface area contributed by atoms with E-state index in [1.807, 2.05) is 12.3 Å². The maximum atomic E-state index is 12.5. The van der Waals surface area contributed by atoms with Crippen molar-refractivity contribution in [3.05, 3.63) is 54.5 Å². The Morgan fingerprint density at radius 1 is 1.23 bits per heavy atom. The Kier molecular flexibility index (Phi) is 5.95. The lowest BCUT2D eigenvalue weighted by Gasteiger charge is -2.25. The summed E-state index contributed by atoms with van der Waals surface area (Å²) in [6.45, 7) is 0. The molecule has 0 saturated carbocycles. The van der Waals surface area contributed by atoms with E-state index in [4.69, 9.17) is 0 Å². The van der Waals surface area contributed by atoms with Crippen LogP contribution < -0.4 is 10.6 Å². The molecule has 1 aromatic heterocycles. The number of ketones is 1. The highest BCUT2D eigenvalue weighted by molar-refractivity contribution is 6.14. The molecular formula is C20H21N5O5. The van der Waals surface area contributed by atoms with Crippen LogP contribution in [0.25, 0.3) is 11.1 Å². The fourth-order valence-corrected chi connectivity index (χ4v) is 3.08. The number of carboxylic acids is 1. The number of urea groups is 1. The lowest BCUT2D eigenvalue weighted by Crippen LogP contribution is -2.55. The number of nitrogens with zero attached hydrogens (tertiary/aromatic N) is 3. The van der Waals surface area contributed by atoms with E-state index in [0.29, 0.717) is 5.56 Å². The Bertz CT molecular complexity index is 1030. The zero-order valence-electron chi connectivity index (χ0n) is 16.4. The van der Waals surface area contributed by atoms with E-state index >= 15 is 0 Å². The highest BCUT2D eigenvalue weighted by atomic mass is 16.4. The van der Waals surface area contributed by atoms with Crippen LogP contribution in [0.1, 0.15) is 18.0 Å². The van der Waals surface area contributed by atoms with Crippen molar-refractivity contribution in [2.75, 3.05) is 7.05 Å². The minimum Gasteiger partial charge on any atom is -0.481 e. The van der Waals surface area contributed by atoms with Crippen molar-refractivity contribution in [1.29, 1.82) is 0 Å². The molecule has 1 aromatic carbocycles.